The third kappa shape index (κ3) is 3.41. The van der Waals surface area contributed by atoms with Crippen molar-refractivity contribution in [2.24, 2.45) is 0 Å². The van der Waals surface area contributed by atoms with Crippen LogP contribution in [0.1, 0.15) is 0 Å². The van der Waals surface area contributed by atoms with Gasteiger partial charge in [0.15, 0.2) is 6.61 Å². The zero-order valence-electron chi connectivity index (χ0n) is 7.19. The van der Waals surface area contributed by atoms with Gasteiger partial charge in [0.05, 0.1) is 4.92 Å². The number of aromatic nitrogens is 1. The number of hydrogen-bond acceptors (Lipinski definition) is 4. The molecule has 1 aromatic heterocycles. The Morgan fingerprint density at radius 1 is 1.53 bits per heavy atom. The van der Waals surface area contributed by atoms with E-state index in [1.165, 1.54) is 0 Å². The third-order valence-corrected chi connectivity index (χ3v) is 1.35. The van der Waals surface area contributed by atoms with Crippen LogP contribution in [0.3, 0.4) is 0 Å². The summed E-state index contributed by atoms with van der Waals surface area (Å²) in [5.74, 6) is -0.452. The van der Waals surface area contributed by atoms with Crippen molar-refractivity contribution in [3.8, 4) is 5.75 Å². The molecule has 0 atom stereocenters. The van der Waals surface area contributed by atoms with E-state index in [1.807, 2.05) is 0 Å². The van der Waals surface area contributed by atoms with E-state index < -0.39 is 29.1 Å². The van der Waals surface area contributed by atoms with E-state index in [2.05, 4.69) is 9.72 Å². The van der Waals surface area contributed by atoms with Crippen LogP contribution in [-0.2, 0) is 0 Å². The van der Waals surface area contributed by atoms with Crippen LogP contribution in [0, 0.1) is 10.1 Å². The summed E-state index contributed by atoms with van der Waals surface area (Å²) < 4.78 is 39.5. The standard InChI is InChI=1S/C7H5F3N2O3/c8-7(9,10)4-15-6-1-2-11-3-5(6)12(13)14/h1-3H,4H2. The summed E-state index contributed by atoms with van der Waals surface area (Å²) in [6.07, 6.45) is -2.60. The maximum Gasteiger partial charge on any atom is 0.422 e. The molecule has 0 fully saturated rings. The van der Waals surface area contributed by atoms with Crippen LogP contribution in [0.15, 0.2) is 18.5 Å². The summed E-state index contributed by atoms with van der Waals surface area (Å²) in [4.78, 5) is 12.9. The minimum Gasteiger partial charge on any atom is -0.477 e. The predicted octanol–water partition coefficient (Wildman–Crippen LogP) is 1.93. The highest BCUT2D eigenvalue weighted by Crippen LogP contribution is 2.26. The number of ether oxygens (including phenoxy) is 1. The van der Waals surface area contributed by atoms with E-state index in [-0.39, 0.29) is 0 Å². The molecule has 8 heteroatoms. The zero-order valence-corrected chi connectivity index (χ0v) is 7.19. The Labute approximate surface area is 81.6 Å². The highest BCUT2D eigenvalue weighted by molar-refractivity contribution is 5.42. The second kappa shape index (κ2) is 4.11. The number of pyridine rings is 1. The molecule has 1 heterocycles. The largest absolute Gasteiger partial charge is 0.477 e. The Morgan fingerprint density at radius 3 is 2.73 bits per heavy atom. The van der Waals surface area contributed by atoms with Gasteiger partial charge in [-0.3, -0.25) is 15.1 Å². The molecule has 0 saturated heterocycles. The first-order valence-corrected chi connectivity index (χ1v) is 3.68. The van der Waals surface area contributed by atoms with Crippen molar-refractivity contribution in [2.75, 3.05) is 6.61 Å². The topological polar surface area (TPSA) is 65.3 Å². The van der Waals surface area contributed by atoms with Crippen molar-refractivity contribution >= 4 is 5.69 Å². The average molecular weight is 222 g/mol. The van der Waals surface area contributed by atoms with Gasteiger partial charge in [0, 0.05) is 12.3 Å². The van der Waals surface area contributed by atoms with Crippen molar-refractivity contribution in [2.45, 2.75) is 6.18 Å². The number of nitro groups is 1. The molecule has 5 nitrogen and oxygen atoms in total. The van der Waals surface area contributed by atoms with Crippen LogP contribution in [0.4, 0.5) is 18.9 Å². The summed E-state index contributed by atoms with van der Waals surface area (Å²) >= 11 is 0. The van der Waals surface area contributed by atoms with Gasteiger partial charge in [-0.1, -0.05) is 0 Å². The number of rotatable bonds is 3. The lowest BCUT2D eigenvalue weighted by Crippen LogP contribution is -2.19. The lowest BCUT2D eigenvalue weighted by atomic mass is 10.4. The Bertz CT molecular complexity index is 367. The van der Waals surface area contributed by atoms with E-state index in [9.17, 15) is 23.3 Å². The van der Waals surface area contributed by atoms with Gasteiger partial charge in [0.25, 0.3) is 0 Å². The Kier molecular flexibility index (Phi) is 3.08. The molecule has 0 unspecified atom stereocenters. The molecule has 1 aromatic rings. The summed E-state index contributed by atoms with van der Waals surface area (Å²) in [5.41, 5.74) is -0.596. The molecule has 0 N–H and O–H groups in total. The molecular formula is C7H5F3N2O3. The fourth-order valence-corrected chi connectivity index (χ4v) is 0.792. The Morgan fingerprint density at radius 2 is 2.20 bits per heavy atom. The molecule has 0 saturated carbocycles. The molecule has 0 aliphatic carbocycles. The fraction of sp³-hybridized carbons (Fsp3) is 0.286. The van der Waals surface area contributed by atoms with E-state index in [4.69, 9.17) is 0 Å². The van der Waals surface area contributed by atoms with Crippen LogP contribution in [0.25, 0.3) is 0 Å². The lowest BCUT2D eigenvalue weighted by Gasteiger charge is -2.08. The van der Waals surface area contributed by atoms with Gasteiger partial charge in [0.2, 0.25) is 5.75 Å². The maximum atomic E-state index is 11.8. The number of hydrogen-bond donors (Lipinski definition) is 0. The summed E-state index contributed by atoms with van der Waals surface area (Å²) in [6, 6.07) is 1.00. The molecule has 15 heavy (non-hydrogen) atoms. The highest BCUT2D eigenvalue weighted by atomic mass is 19.4. The van der Waals surface area contributed by atoms with Gasteiger partial charge in [-0.15, -0.1) is 0 Å². The number of halogens is 3. The minimum absolute atomic E-state index is 0.452. The van der Waals surface area contributed by atoms with Gasteiger partial charge in [-0.25, -0.2) is 0 Å². The first kappa shape index (κ1) is 11.2. The van der Waals surface area contributed by atoms with Crippen molar-refractivity contribution < 1.29 is 22.8 Å². The summed E-state index contributed by atoms with van der Waals surface area (Å²) in [7, 11) is 0. The monoisotopic (exact) mass is 222 g/mol. The predicted molar refractivity (Wildman–Crippen MR) is 42.4 cm³/mol. The highest BCUT2D eigenvalue weighted by Gasteiger charge is 2.29. The Balaban J connectivity index is 2.81. The van der Waals surface area contributed by atoms with Crippen LogP contribution in [-0.4, -0.2) is 22.7 Å². The third-order valence-electron chi connectivity index (χ3n) is 1.35. The van der Waals surface area contributed by atoms with E-state index >= 15 is 0 Å². The van der Waals surface area contributed by atoms with Gasteiger partial charge in [0.1, 0.15) is 6.20 Å². The van der Waals surface area contributed by atoms with Crippen molar-refractivity contribution in [1.82, 2.24) is 4.98 Å². The van der Waals surface area contributed by atoms with Crippen LogP contribution < -0.4 is 4.74 Å². The van der Waals surface area contributed by atoms with Gasteiger partial charge >= 0.3 is 11.9 Å². The summed E-state index contributed by atoms with van der Waals surface area (Å²) in [5, 5.41) is 10.4. The molecule has 0 spiro atoms. The molecule has 0 amide bonds. The minimum atomic E-state index is -4.53. The molecule has 0 aliphatic rings. The zero-order chi connectivity index (χ0) is 11.5. The van der Waals surface area contributed by atoms with Crippen molar-refractivity contribution in [3.63, 3.8) is 0 Å². The second-order valence-electron chi connectivity index (χ2n) is 2.50. The normalized spacial score (nSPS) is 11.1. The maximum absolute atomic E-state index is 11.8. The van der Waals surface area contributed by atoms with Gasteiger partial charge < -0.3 is 4.74 Å². The van der Waals surface area contributed by atoms with Crippen molar-refractivity contribution in [3.05, 3.63) is 28.6 Å². The first-order chi connectivity index (χ1) is 6.90. The quantitative estimate of drug-likeness (QED) is 0.578. The molecule has 82 valence electrons. The molecule has 0 aromatic carbocycles. The first-order valence-electron chi connectivity index (χ1n) is 3.68. The molecular weight excluding hydrogens is 217 g/mol. The lowest BCUT2D eigenvalue weighted by molar-refractivity contribution is -0.386. The van der Waals surface area contributed by atoms with E-state index in [0.717, 1.165) is 18.5 Å². The van der Waals surface area contributed by atoms with Crippen LogP contribution in [0.5, 0.6) is 5.75 Å². The van der Waals surface area contributed by atoms with E-state index in [1.54, 1.807) is 0 Å². The fourth-order valence-electron chi connectivity index (χ4n) is 0.792. The second-order valence-corrected chi connectivity index (χ2v) is 2.50. The molecule has 0 bridgehead atoms. The SMILES string of the molecule is O=[N+]([O-])c1cnccc1OCC(F)(F)F. The van der Waals surface area contributed by atoms with E-state index in [0.29, 0.717) is 0 Å². The summed E-state index contributed by atoms with van der Waals surface area (Å²) in [6.45, 7) is -1.57. The molecule has 0 radical (unpaired) electrons. The average Bonchev–Trinajstić information content (AvgIpc) is 2.14. The van der Waals surface area contributed by atoms with Crippen LogP contribution in [0.2, 0.25) is 0 Å². The van der Waals surface area contributed by atoms with Crippen LogP contribution >= 0.6 is 0 Å². The molecule has 1 rings (SSSR count). The Hall–Kier alpha value is -1.86. The smallest absolute Gasteiger partial charge is 0.422 e. The number of alkyl halides is 3. The van der Waals surface area contributed by atoms with Crippen molar-refractivity contribution in [1.29, 1.82) is 0 Å². The van der Waals surface area contributed by atoms with Gasteiger partial charge in [-0.2, -0.15) is 13.2 Å². The molecule has 0 aliphatic heterocycles. The number of nitrogens with zero attached hydrogens (tertiary/aromatic N) is 2. The van der Waals surface area contributed by atoms with Gasteiger partial charge in [-0.05, 0) is 0 Å².